The Balaban J connectivity index is 1.74. The van der Waals surface area contributed by atoms with E-state index in [1.54, 1.807) is 18.2 Å². The van der Waals surface area contributed by atoms with E-state index >= 15 is 0 Å². The molecule has 3 rings (SSSR count). The second-order valence-corrected chi connectivity index (χ2v) is 9.25. The number of aromatic nitrogens is 2. The number of carbonyl (C=O) groups excluding carboxylic acids is 1. The third-order valence-electron chi connectivity index (χ3n) is 5.63. The number of aryl methyl sites for hydroxylation is 3. The number of Topliss-reactive ketones (excluding diaryl/α,β-unsaturated/α-hetero) is 1. The molecular weight excluding hydrogens is 416 g/mol. The van der Waals surface area contributed by atoms with Gasteiger partial charge in [-0.3, -0.25) is 9.48 Å². The molecule has 0 unspecified atom stereocenters. The molecule has 6 heteroatoms. The van der Waals surface area contributed by atoms with Crippen LogP contribution in [0.2, 0.25) is 0 Å². The fourth-order valence-electron chi connectivity index (χ4n) is 3.57. The number of hydrogen-bond donors (Lipinski definition) is 1. The highest BCUT2D eigenvalue weighted by Crippen LogP contribution is 2.26. The van der Waals surface area contributed by atoms with Crippen molar-refractivity contribution in [2.24, 2.45) is 0 Å². The molecule has 0 amide bonds. The van der Waals surface area contributed by atoms with Crippen molar-refractivity contribution >= 4 is 11.8 Å². The van der Waals surface area contributed by atoms with Crippen molar-refractivity contribution in [2.45, 2.75) is 66.0 Å². The predicted molar refractivity (Wildman–Crippen MR) is 129 cm³/mol. The molecule has 0 aliphatic rings. The maximum Gasteiger partial charge on any atom is 0.347 e. The van der Waals surface area contributed by atoms with Gasteiger partial charge >= 0.3 is 5.97 Å². The summed E-state index contributed by atoms with van der Waals surface area (Å²) in [5.74, 6) is -0.566. The summed E-state index contributed by atoms with van der Waals surface area (Å²) in [6.07, 6.45) is 0.936. The van der Waals surface area contributed by atoms with Crippen LogP contribution in [0, 0.1) is 13.8 Å². The van der Waals surface area contributed by atoms with Crippen LogP contribution in [0.1, 0.15) is 67.3 Å². The molecular formula is C27H32N2O4. The quantitative estimate of drug-likeness (QED) is 0.418. The highest BCUT2D eigenvalue weighted by Gasteiger charge is 2.30. The minimum atomic E-state index is -1.35. The zero-order valence-corrected chi connectivity index (χ0v) is 20.2. The molecule has 0 spiro atoms. The number of carbonyl (C=O) groups is 2. The molecule has 0 fully saturated rings. The number of aliphatic carboxylic acids is 1. The molecule has 33 heavy (non-hydrogen) atoms. The Labute approximate surface area is 195 Å². The fourth-order valence-corrected chi connectivity index (χ4v) is 3.57. The number of benzene rings is 2. The van der Waals surface area contributed by atoms with E-state index < -0.39 is 11.6 Å². The van der Waals surface area contributed by atoms with Crippen LogP contribution in [-0.2, 0) is 11.2 Å². The molecule has 1 heterocycles. The molecule has 0 aliphatic heterocycles. The Morgan fingerprint density at radius 3 is 2.30 bits per heavy atom. The van der Waals surface area contributed by atoms with E-state index in [9.17, 15) is 14.7 Å². The van der Waals surface area contributed by atoms with Crippen LogP contribution in [0.15, 0.2) is 48.5 Å². The first-order valence-electron chi connectivity index (χ1n) is 11.2. The first kappa shape index (κ1) is 24.2. The van der Waals surface area contributed by atoms with E-state index in [2.05, 4.69) is 51.1 Å². The van der Waals surface area contributed by atoms with Crippen LogP contribution in [0.5, 0.6) is 5.75 Å². The van der Waals surface area contributed by atoms with Crippen molar-refractivity contribution in [3.05, 3.63) is 70.9 Å². The number of hydrogen-bond acceptors (Lipinski definition) is 4. The minimum Gasteiger partial charge on any atom is -0.478 e. The molecule has 0 saturated carbocycles. The lowest BCUT2D eigenvalue weighted by atomic mass is 10.0. The summed E-state index contributed by atoms with van der Waals surface area (Å²) in [5, 5.41) is 14.1. The molecule has 1 aromatic heterocycles. The normalized spacial score (nSPS) is 11.6. The summed E-state index contributed by atoms with van der Waals surface area (Å²) >= 11 is 0. The average molecular weight is 449 g/mol. The number of ketones is 1. The zero-order chi connectivity index (χ0) is 24.3. The molecule has 0 atom stereocenters. The van der Waals surface area contributed by atoms with Crippen LogP contribution in [0.25, 0.3) is 11.3 Å². The van der Waals surface area contributed by atoms with Crippen LogP contribution in [0.4, 0.5) is 0 Å². The van der Waals surface area contributed by atoms with Gasteiger partial charge in [0, 0.05) is 29.3 Å². The summed E-state index contributed by atoms with van der Waals surface area (Å²) in [6.45, 7) is 11.0. The Morgan fingerprint density at radius 2 is 1.73 bits per heavy atom. The van der Waals surface area contributed by atoms with Crippen molar-refractivity contribution in [3.63, 3.8) is 0 Å². The first-order chi connectivity index (χ1) is 15.5. The van der Waals surface area contributed by atoms with Crippen LogP contribution >= 0.6 is 0 Å². The van der Waals surface area contributed by atoms with Crippen LogP contribution in [-0.4, -0.2) is 32.2 Å². The van der Waals surface area contributed by atoms with Crippen molar-refractivity contribution in [1.29, 1.82) is 0 Å². The first-order valence-corrected chi connectivity index (χ1v) is 11.2. The largest absolute Gasteiger partial charge is 0.478 e. The van der Waals surface area contributed by atoms with E-state index in [1.165, 1.54) is 19.4 Å². The third kappa shape index (κ3) is 5.69. The van der Waals surface area contributed by atoms with Gasteiger partial charge in [0.1, 0.15) is 5.75 Å². The Hall–Kier alpha value is -3.41. The second kappa shape index (κ2) is 9.61. The topological polar surface area (TPSA) is 81.4 Å². The van der Waals surface area contributed by atoms with Gasteiger partial charge in [-0.15, -0.1) is 0 Å². The summed E-state index contributed by atoms with van der Waals surface area (Å²) in [4.78, 5) is 24.2. The third-order valence-corrected chi connectivity index (χ3v) is 5.63. The lowest BCUT2D eigenvalue weighted by molar-refractivity contribution is -0.152. The summed E-state index contributed by atoms with van der Waals surface area (Å²) in [7, 11) is 0. The summed E-state index contributed by atoms with van der Waals surface area (Å²) in [6, 6.07) is 15.6. The highest BCUT2D eigenvalue weighted by molar-refractivity contribution is 5.96. The van der Waals surface area contributed by atoms with Crippen LogP contribution in [0.3, 0.4) is 0 Å². The molecule has 174 valence electrons. The van der Waals surface area contributed by atoms with Gasteiger partial charge < -0.3 is 9.84 Å². The monoisotopic (exact) mass is 448 g/mol. The van der Waals surface area contributed by atoms with E-state index in [4.69, 9.17) is 9.84 Å². The van der Waals surface area contributed by atoms with Crippen LogP contribution < -0.4 is 4.74 Å². The van der Waals surface area contributed by atoms with Gasteiger partial charge in [0.25, 0.3) is 0 Å². The summed E-state index contributed by atoms with van der Waals surface area (Å²) < 4.78 is 7.61. The van der Waals surface area contributed by atoms with Crippen molar-refractivity contribution in [2.75, 3.05) is 0 Å². The number of carboxylic acid groups (broad SMARTS) is 1. The minimum absolute atomic E-state index is 0.0236. The number of nitrogens with zero attached hydrogens (tertiary/aromatic N) is 2. The molecule has 0 bridgehead atoms. The van der Waals surface area contributed by atoms with E-state index in [-0.39, 0.29) is 11.8 Å². The maximum absolute atomic E-state index is 12.9. The highest BCUT2D eigenvalue weighted by atomic mass is 16.5. The Bertz CT molecular complexity index is 1160. The van der Waals surface area contributed by atoms with Crippen molar-refractivity contribution in [3.8, 4) is 17.0 Å². The SMILES string of the molecule is Cc1ccc(-c2cc(CCC(=O)c3ccc(OC(C)(C)C(=O)O)c(C)c3)n(C(C)C)n2)cc1. The molecule has 0 radical (unpaired) electrons. The average Bonchev–Trinajstić information content (AvgIpc) is 3.18. The smallest absolute Gasteiger partial charge is 0.347 e. The molecule has 1 N–H and O–H groups in total. The molecule has 0 saturated heterocycles. The summed E-state index contributed by atoms with van der Waals surface area (Å²) in [5.41, 5.74) is 4.15. The van der Waals surface area contributed by atoms with Gasteiger partial charge in [0.15, 0.2) is 11.4 Å². The number of rotatable bonds is 9. The van der Waals surface area contributed by atoms with Gasteiger partial charge in [-0.1, -0.05) is 29.8 Å². The van der Waals surface area contributed by atoms with Crippen molar-refractivity contribution < 1.29 is 19.4 Å². The van der Waals surface area contributed by atoms with Gasteiger partial charge in [0.05, 0.1) is 5.69 Å². The predicted octanol–water partition coefficient (Wildman–Crippen LogP) is 5.81. The van der Waals surface area contributed by atoms with E-state index in [0.717, 1.165) is 22.5 Å². The molecule has 2 aromatic carbocycles. The van der Waals surface area contributed by atoms with Gasteiger partial charge in [-0.25, -0.2) is 4.79 Å². The molecule has 6 nitrogen and oxygen atoms in total. The van der Waals surface area contributed by atoms with Gasteiger partial charge in [-0.2, -0.15) is 5.10 Å². The molecule has 3 aromatic rings. The Morgan fingerprint density at radius 1 is 1.06 bits per heavy atom. The van der Waals surface area contributed by atoms with Gasteiger partial charge in [-0.05, 0) is 77.8 Å². The van der Waals surface area contributed by atoms with Crippen molar-refractivity contribution in [1.82, 2.24) is 9.78 Å². The fraction of sp³-hybridized carbons (Fsp3) is 0.370. The second-order valence-electron chi connectivity index (χ2n) is 9.25. The zero-order valence-electron chi connectivity index (χ0n) is 20.2. The lowest BCUT2D eigenvalue weighted by Gasteiger charge is -2.23. The van der Waals surface area contributed by atoms with E-state index in [0.29, 0.717) is 24.2 Å². The maximum atomic E-state index is 12.9. The van der Waals surface area contributed by atoms with E-state index in [1.807, 2.05) is 11.6 Å². The number of ether oxygens (including phenoxy) is 1. The Kier molecular flexibility index (Phi) is 7.06. The molecule has 0 aliphatic carbocycles. The van der Waals surface area contributed by atoms with Gasteiger partial charge in [0.2, 0.25) is 0 Å². The standard InChI is InChI=1S/C27H32N2O4/c1-17(2)29-22(16-23(28-29)20-9-7-18(3)8-10-20)12-13-24(30)21-11-14-25(19(4)15-21)33-27(5,6)26(31)32/h7-11,14-17H,12-13H2,1-6H3,(H,31,32). The lowest BCUT2D eigenvalue weighted by Crippen LogP contribution is -2.38. The number of carboxylic acids is 1.